The lowest BCUT2D eigenvalue weighted by atomic mass is 9.76. The smallest absolute Gasteiger partial charge is 0.271 e. The lowest BCUT2D eigenvalue weighted by molar-refractivity contribution is -0.385. The molecule has 0 radical (unpaired) electrons. The van der Waals surface area contributed by atoms with E-state index in [0.717, 1.165) is 11.3 Å². The molecule has 1 spiro atoms. The summed E-state index contributed by atoms with van der Waals surface area (Å²) in [5.41, 5.74) is 0.949. The van der Waals surface area contributed by atoms with Crippen LogP contribution in [0.5, 0.6) is 5.75 Å². The zero-order valence-electron chi connectivity index (χ0n) is 14.4. The van der Waals surface area contributed by atoms with E-state index in [1.807, 2.05) is 37.9 Å². The Morgan fingerprint density at radius 3 is 2.69 bits per heavy atom. The zero-order valence-corrected chi connectivity index (χ0v) is 16.0. The van der Waals surface area contributed by atoms with Crippen molar-refractivity contribution in [2.75, 3.05) is 11.9 Å². The summed E-state index contributed by atoms with van der Waals surface area (Å²) in [4.78, 5) is 12.6. The predicted octanol–water partition coefficient (Wildman–Crippen LogP) is 5.03. The highest BCUT2D eigenvalue weighted by Crippen LogP contribution is 2.55. The maximum Gasteiger partial charge on any atom is 0.271 e. The van der Waals surface area contributed by atoms with Crippen LogP contribution in [-0.4, -0.2) is 17.7 Å². The van der Waals surface area contributed by atoms with Gasteiger partial charge in [0.1, 0.15) is 11.6 Å². The summed E-state index contributed by atoms with van der Waals surface area (Å²) in [6.45, 7) is 4.01. The summed E-state index contributed by atoms with van der Waals surface area (Å²) in [6.07, 6.45) is 3.72. The predicted molar refractivity (Wildman–Crippen MR) is 101 cm³/mol. The number of halogens is 2. The van der Waals surface area contributed by atoms with Crippen LogP contribution in [-0.2, 0) is 5.41 Å². The molecular weight excluding hydrogens is 403 g/mol. The van der Waals surface area contributed by atoms with Gasteiger partial charge in [-0.1, -0.05) is 0 Å². The minimum atomic E-state index is -0.866. The van der Waals surface area contributed by atoms with Gasteiger partial charge >= 0.3 is 0 Å². The van der Waals surface area contributed by atoms with Crippen LogP contribution < -0.4 is 9.64 Å². The number of likely N-dealkylation sites (N-methyl/N-ethyl adjacent to an activating group) is 1. The summed E-state index contributed by atoms with van der Waals surface area (Å²) in [5.74, 6) is 0.241. The number of benzene rings is 2. The Labute approximate surface area is 158 Å². The van der Waals surface area contributed by atoms with Gasteiger partial charge in [0.05, 0.1) is 14.8 Å². The number of nitro groups is 1. The molecule has 0 aromatic heterocycles. The molecule has 26 heavy (non-hydrogen) atoms. The Balaban J connectivity index is 1.88. The topological polar surface area (TPSA) is 55.6 Å². The van der Waals surface area contributed by atoms with E-state index in [4.69, 9.17) is 4.74 Å². The fourth-order valence-electron chi connectivity index (χ4n) is 3.94. The first-order valence-corrected chi connectivity index (χ1v) is 8.87. The van der Waals surface area contributed by atoms with Crippen molar-refractivity contribution >= 4 is 33.4 Å². The number of nitro benzene ring substituents is 1. The Morgan fingerprint density at radius 1 is 1.27 bits per heavy atom. The molecule has 0 fully saturated rings. The van der Waals surface area contributed by atoms with E-state index in [0.29, 0.717) is 15.8 Å². The average Bonchev–Trinajstić information content (AvgIpc) is 2.74. The van der Waals surface area contributed by atoms with Crippen molar-refractivity contribution < 1.29 is 14.1 Å². The minimum absolute atomic E-state index is 0.00998. The first-order valence-electron chi connectivity index (χ1n) is 8.07. The van der Waals surface area contributed by atoms with Crippen molar-refractivity contribution in [3.63, 3.8) is 0 Å². The largest absolute Gasteiger partial charge is 0.462 e. The molecule has 2 aromatic carbocycles. The van der Waals surface area contributed by atoms with Crippen molar-refractivity contribution in [1.82, 2.24) is 0 Å². The van der Waals surface area contributed by atoms with Gasteiger partial charge in [0, 0.05) is 30.4 Å². The number of fused-ring (bicyclic) bond motifs is 2. The highest BCUT2D eigenvalue weighted by molar-refractivity contribution is 9.10. The second-order valence-electron chi connectivity index (χ2n) is 7.08. The molecule has 2 aromatic rings. The van der Waals surface area contributed by atoms with E-state index in [2.05, 4.69) is 15.9 Å². The van der Waals surface area contributed by atoms with E-state index in [-0.39, 0.29) is 11.5 Å². The fraction of sp³-hybridized carbons (Fsp3) is 0.263. The first kappa shape index (κ1) is 17.0. The summed E-state index contributed by atoms with van der Waals surface area (Å²) in [6, 6.07) is 7.64. The third kappa shape index (κ3) is 2.06. The Morgan fingerprint density at radius 2 is 2.00 bits per heavy atom. The van der Waals surface area contributed by atoms with Crippen LogP contribution in [0.15, 0.2) is 40.9 Å². The molecule has 2 heterocycles. The summed E-state index contributed by atoms with van der Waals surface area (Å²) in [5, 5.41) is 11.1. The molecule has 0 saturated carbocycles. The van der Waals surface area contributed by atoms with Gasteiger partial charge in [-0.25, -0.2) is 4.39 Å². The summed E-state index contributed by atoms with van der Waals surface area (Å²) < 4.78 is 20.8. The SMILES string of the molecule is CN1c2ccc(F)cc2C(C)(C)C12C=Cc1cc([N+](=O)[O-])cc(Br)c1O2. The normalized spacial score (nSPS) is 22.1. The highest BCUT2D eigenvalue weighted by atomic mass is 79.9. The number of ether oxygens (including phenoxy) is 1. The van der Waals surface area contributed by atoms with Gasteiger partial charge in [0.15, 0.2) is 0 Å². The molecule has 0 aliphatic carbocycles. The van der Waals surface area contributed by atoms with Crippen molar-refractivity contribution in [1.29, 1.82) is 0 Å². The van der Waals surface area contributed by atoms with E-state index in [1.54, 1.807) is 6.07 Å². The number of hydrogen-bond acceptors (Lipinski definition) is 4. The van der Waals surface area contributed by atoms with Crippen molar-refractivity contribution in [3.8, 4) is 5.75 Å². The first-order chi connectivity index (χ1) is 12.2. The molecule has 0 amide bonds. The van der Waals surface area contributed by atoms with Gasteiger partial charge in [-0.3, -0.25) is 10.1 Å². The van der Waals surface area contributed by atoms with Crippen LogP contribution in [0.3, 0.4) is 0 Å². The van der Waals surface area contributed by atoms with Crippen LogP contribution in [0.2, 0.25) is 0 Å². The van der Waals surface area contributed by atoms with Crippen LogP contribution in [0.4, 0.5) is 15.8 Å². The highest BCUT2D eigenvalue weighted by Gasteiger charge is 2.58. The van der Waals surface area contributed by atoms with E-state index in [9.17, 15) is 14.5 Å². The Kier molecular flexibility index (Phi) is 3.47. The maximum absolute atomic E-state index is 13.9. The number of rotatable bonds is 1. The molecule has 4 rings (SSSR count). The Bertz CT molecular complexity index is 989. The molecule has 134 valence electrons. The van der Waals surface area contributed by atoms with Crippen LogP contribution in [0, 0.1) is 15.9 Å². The standard InChI is InChI=1S/C19H16BrFN2O3/c1-18(2)14-9-12(21)4-5-16(14)22(3)19(18)7-6-11-8-13(23(24)25)10-15(20)17(11)26-19/h4-10H,1-3H3. The zero-order chi connectivity index (χ0) is 18.9. The molecule has 1 unspecified atom stereocenters. The average molecular weight is 419 g/mol. The van der Waals surface area contributed by atoms with Crippen molar-refractivity contribution in [3.05, 3.63) is 67.9 Å². The van der Waals surface area contributed by atoms with Gasteiger partial charge < -0.3 is 9.64 Å². The lowest BCUT2D eigenvalue weighted by Gasteiger charge is -2.46. The number of nitrogens with zero attached hydrogens (tertiary/aromatic N) is 2. The third-order valence-corrected chi connectivity index (χ3v) is 5.99. The van der Waals surface area contributed by atoms with Gasteiger partial charge in [-0.05, 0) is 65.7 Å². The molecule has 0 saturated heterocycles. The van der Waals surface area contributed by atoms with E-state index >= 15 is 0 Å². The van der Waals surface area contributed by atoms with Crippen LogP contribution in [0.1, 0.15) is 25.0 Å². The second kappa shape index (κ2) is 5.30. The number of anilines is 1. The quantitative estimate of drug-likeness (QED) is 0.481. The lowest BCUT2D eigenvalue weighted by Crippen LogP contribution is -2.58. The van der Waals surface area contributed by atoms with Gasteiger partial charge in [-0.15, -0.1) is 0 Å². The molecule has 0 bridgehead atoms. The Hall–Kier alpha value is -2.41. The van der Waals surface area contributed by atoms with E-state index in [1.165, 1.54) is 24.3 Å². The fourth-order valence-corrected chi connectivity index (χ4v) is 4.48. The minimum Gasteiger partial charge on any atom is -0.462 e. The number of hydrogen-bond donors (Lipinski definition) is 0. The molecule has 1 atom stereocenters. The maximum atomic E-state index is 13.9. The molecule has 0 N–H and O–H groups in total. The third-order valence-electron chi connectivity index (χ3n) is 5.40. The molecular formula is C19H16BrFN2O3. The van der Waals surface area contributed by atoms with Crippen LogP contribution >= 0.6 is 15.9 Å². The summed E-state index contributed by atoms with van der Waals surface area (Å²) >= 11 is 3.39. The molecule has 7 heteroatoms. The van der Waals surface area contributed by atoms with Crippen molar-refractivity contribution in [2.24, 2.45) is 0 Å². The second-order valence-corrected chi connectivity index (χ2v) is 7.93. The summed E-state index contributed by atoms with van der Waals surface area (Å²) in [7, 11) is 1.90. The van der Waals surface area contributed by atoms with Crippen molar-refractivity contribution in [2.45, 2.75) is 25.0 Å². The number of non-ortho nitro benzene ring substituents is 1. The van der Waals surface area contributed by atoms with Crippen LogP contribution in [0.25, 0.3) is 6.08 Å². The van der Waals surface area contributed by atoms with E-state index < -0.39 is 16.1 Å². The van der Waals surface area contributed by atoms with Gasteiger partial charge in [-0.2, -0.15) is 0 Å². The molecule has 5 nitrogen and oxygen atoms in total. The monoisotopic (exact) mass is 418 g/mol. The van der Waals surface area contributed by atoms with Gasteiger partial charge in [0.25, 0.3) is 5.69 Å². The van der Waals surface area contributed by atoms with Gasteiger partial charge in [0.2, 0.25) is 5.72 Å². The molecule has 2 aliphatic heterocycles. The molecule has 2 aliphatic rings.